The molecule has 0 spiro atoms. The lowest BCUT2D eigenvalue weighted by molar-refractivity contribution is -0.137. The molecule has 0 aromatic heterocycles. The van der Waals surface area contributed by atoms with Crippen LogP contribution in [0.3, 0.4) is 0 Å². The van der Waals surface area contributed by atoms with Crippen molar-refractivity contribution in [1.82, 2.24) is 10.6 Å². The number of hydrogen-bond donors (Lipinski definition) is 3. The van der Waals surface area contributed by atoms with E-state index >= 15 is 0 Å². The van der Waals surface area contributed by atoms with E-state index in [1.165, 1.54) is 12.1 Å². The molecule has 0 heterocycles. The molecular formula is C24H31N3O6S2. The van der Waals surface area contributed by atoms with Crippen molar-refractivity contribution in [1.29, 1.82) is 0 Å². The van der Waals surface area contributed by atoms with Gasteiger partial charge in [-0.3, -0.25) is 4.79 Å². The molecule has 0 unspecified atom stereocenters. The van der Waals surface area contributed by atoms with Gasteiger partial charge in [-0.1, -0.05) is 23.9 Å². The fourth-order valence-electron chi connectivity index (χ4n) is 3.59. The minimum absolute atomic E-state index is 0.0201. The standard InChI is InChI=1S/C24H31N3O6S2/c1-4-32-24(29)22(34)15(2)25-16(3)26-23(28)21(27-33-18-7-5-6-8-18)17-9-11-19(12-10-17)35(30,31)20-13-14-20/h9-12,18,20,25,34H,3-8,13-14H2,1-2H3,(H,26,28)/b22-15-,27-21+. The van der Waals surface area contributed by atoms with Gasteiger partial charge < -0.3 is 20.2 Å². The van der Waals surface area contributed by atoms with Gasteiger partial charge >= 0.3 is 5.97 Å². The number of carbonyl (C=O) groups excluding carboxylic acids is 2. The first kappa shape index (κ1) is 26.8. The summed E-state index contributed by atoms with van der Waals surface area (Å²) in [6.45, 7) is 7.25. The summed E-state index contributed by atoms with van der Waals surface area (Å²) in [7, 11) is -3.35. The maximum atomic E-state index is 13.1. The zero-order chi connectivity index (χ0) is 25.6. The van der Waals surface area contributed by atoms with Crippen LogP contribution in [0.1, 0.15) is 57.9 Å². The molecule has 2 fully saturated rings. The Morgan fingerprint density at radius 2 is 1.74 bits per heavy atom. The lowest BCUT2D eigenvalue weighted by atomic mass is 10.1. The van der Waals surface area contributed by atoms with E-state index in [0.29, 0.717) is 24.1 Å². The Hall–Kier alpha value is -2.79. The zero-order valence-corrected chi connectivity index (χ0v) is 21.6. The lowest BCUT2D eigenvalue weighted by Gasteiger charge is -2.15. The van der Waals surface area contributed by atoms with Gasteiger partial charge in [-0.25, -0.2) is 13.2 Å². The van der Waals surface area contributed by atoms with Gasteiger partial charge in [0.2, 0.25) is 0 Å². The molecule has 190 valence electrons. The number of allylic oxidation sites excluding steroid dienone is 1. The van der Waals surface area contributed by atoms with Gasteiger partial charge in [0, 0.05) is 11.3 Å². The molecule has 2 aliphatic carbocycles. The number of nitrogens with zero attached hydrogens (tertiary/aromatic N) is 1. The number of carbonyl (C=O) groups is 2. The fourth-order valence-corrected chi connectivity index (χ4v) is 5.36. The predicted molar refractivity (Wildman–Crippen MR) is 135 cm³/mol. The Balaban J connectivity index is 1.77. The summed E-state index contributed by atoms with van der Waals surface area (Å²) in [6.07, 6.45) is 5.04. The molecule has 1 aromatic carbocycles. The average molecular weight is 522 g/mol. The number of amides is 1. The third-order valence-electron chi connectivity index (χ3n) is 5.66. The SMILES string of the molecule is C=C(NC(=O)/C(=N/OC1CCCC1)c1ccc(S(=O)(=O)C2CC2)cc1)N/C(C)=C(\S)C(=O)OCC. The minimum atomic E-state index is -3.35. The number of ether oxygens (including phenoxy) is 1. The summed E-state index contributed by atoms with van der Waals surface area (Å²) >= 11 is 4.15. The van der Waals surface area contributed by atoms with Crippen molar-refractivity contribution < 1.29 is 27.6 Å². The predicted octanol–water partition coefficient (Wildman–Crippen LogP) is 3.19. The second kappa shape index (κ2) is 11.8. The smallest absolute Gasteiger partial charge is 0.346 e. The topological polar surface area (TPSA) is 123 Å². The number of sulfone groups is 1. The normalized spacial score (nSPS) is 17.4. The van der Waals surface area contributed by atoms with Crippen molar-refractivity contribution in [2.24, 2.45) is 5.16 Å². The van der Waals surface area contributed by atoms with Crippen molar-refractivity contribution >= 4 is 40.1 Å². The number of benzene rings is 1. The lowest BCUT2D eigenvalue weighted by Crippen LogP contribution is -2.36. The summed E-state index contributed by atoms with van der Waals surface area (Å²) in [5, 5.41) is 9.19. The highest BCUT2D eigenvalue weighted by Gasteiger charge is 2.36. The molecule has 0 saturated heterocycles. The first-order valence-electron chi connectivity index (χ1n) is 11.6. The second-order valence-electron chi connectivity index (χ2n) is 8.47. The number of oxime groups is 1. The molecule has 1 amide bonds. The first-order chi connectivity index (χ1) is 16.6. The third-order valence-corrected chi connectivity index (χ3v) is 8.45. The number of thiol groups is 1. The molecule has 11 heteroatoms. The van der Waals surface area contributed by atoms with Crippen molar-refractivity contribution in [3.05, 3.63) is 52.8 Å². The van der Waals surface area contributed by atoms with Crippen molar-refractivity contribution in [3.63, 3.8) is 0 Å². The van der Waals surface area contributed by atoms with Crippen LogP contribution in [0.2, 0.25) is 0 Å². The molecule has 35 heavy (non-hydrogen) atoms. The number of nitrogens with one attached hydrogen (secondary N) is 2. The van der Waals surface area contributed by atoms with Gasteiger partial charge in [0.15, 0.2) is 15.5 Å². The molecule has 2 saturated carbocycles. The monoisotopic (exact) mass is 521 g/mol. The van der Waals surface area contributed by atoms with Crippen molar-refractivity contribution in [2.75, 3.05) is 6.61 Å². The van der Waals surface area contributed by atoms with E-state index in [4.69, 9.17) is 9.57 Å². The second-order valence-corrected chi connectivity index (χ2v) is 11.1. The number of esters is 1. The van der Waals surface area contributed by atoms with Gasteiger partial charge in [0.05, 0.1) is 16.8 Å². The van der Waals surface area contributed by atoms with Crippen LogP contribution < -0.4 is 10.6 Å². The van der Waals surface area contributed by atoms with Crippen LogP contribution >= 0.6 is 12.6 Å². The fraction of sp³-hybridized carbons (Fsp3) is 0.458. The van der Waals surface area contributed by atoms with Crippen LogP contribution in [0, 0.1) is 0 Å². The maximum absolute atomic E-state index is 13.1. The molecule has 3 rings (SSSR count). The van der Waals surface area contributed by atoms with Gasteiger partial charge in [-0.15, -0.1) is 12.6 Å². The molecule has 9 nitrogen and oxygen atoms in total. The summed E-state index contributed by atoms with van der Waals surface area (Å²) in [4.78, 5) is 30.8. The molecule has 2 N–H and O–H groups in total. The molecule has 2 aliphatic rings. The van der Waals surface area contributed by atoms with E-state index in [-0.39, 0.29) is 39.3 Å². The quantitative estimate of drug-likeness (QED) is 0.134. The number of hydrogen-bond acceptors (Lipinski definition) is 9. The highest BCUT2D eigenvalue weighted by molar-refractivity contribution is 7.92. The van der Waals surface area contributed by atoms with Crippen LogP contribution in [0.25, 0.3) is 0 Å². The summed E-state index contributed by atoms with van der Waals surface area (Å²) in [5.41, 5.74) is 0.720. The first-order valence-corrected chi connectivity index (χ1v) is 13.5. The largest absolute Gasteiger partial charge is 0.462 e. The van der Waals surface area contributed by atoms with E-state index in [1.54, 1.807) is 26.0 Å². The molecule has 0 bridgehead atoms. The van der Waals surface area contributed by atoms with Crippen molar-refractivity contribution in [2.45, 2.75) is 68.6 Å². The highest BCUT2D eigenvalue weighted by Crippen LogP contribution is 2.33. The van der Waals surface area contributed by atoms with E-state index in [1.807, 2.05) is 0 Å². The van der Waals surface area contributed by atoms with Crippen LogP contribution in [-0.2, 0) is 29.0 Å². The van der Waals surface area contributed by atoms with Crippen LogP contribution in [0.4, 0.5) is 0 Å². The number of rotatable bonds is 11. The molecule has 0 atom stereocenters. The van der Waals surface area contributed by atoms with E-state index in [0.717, 1.165) is 25.7 Å². The van der Waals surface area contributed by atoms with Crippen LogP contribution in [0.5, 0.6) is 0 Å². The Bertz CT molecular complexity index is 1130. The van der Waals surface area contributed by atoms with Crippen LogP contribution in [-0.4, -0.2) is 44.0 Å². The molecule has 0 aliphatic heterocycles. The summed E-state index contributed by atoms with van der Waals surface area (Å²) < 4.78 is 29.9. The van der Waals surface area contributed by atoms with E-state index in [9.17, 15) is 18.0 Å². The maximum Gasteiger partial charge on any atom is 0.346 e. The van der Waals surface area contributed by atoms with Gasteiger partial charge in [0.1, 0.15) is 16.8 Å². The van der Waals surface area contributed by atoms with E-state index < -0.39 is 21.7 Å². The summed E-state index contributed by atoms with van der Waals surface area (Å²) in [5.74, 6) is -1.12. The Labute approximate surface area is 211 Å². The molecule has 1 aromatic rings. The van der Waals surface area contributed by atoms with Gasteiger partial charge in [-0.05, 0) is 64.5 Å². The highest BCUT2D eigenvalue weighted by atomic mass is 32.2. The minimum Gasteiger partial charge on any atom is -0.462 e. The van der Waals surface area contributed by atoms with Gasteiger partial charge in [0.25, 0.3) is 5.91 Å². The molecule has 0 radical (unpaired) electrons. The Morgan fingerprint density at radius 3 is 2.31 bits per heavy atom. The average Bonchev–Trinajstić information content (AvgIpc) is 3.56. The Kier molecular flexibility index (Phi) is 9.01. The third kappa shape index (κ3) is 7.11. The zero-order valence-electron chi connectivity index (χ0n) is 19.9. The van der Waals surface area contributed by atoms with Crippen LogP contribution in [0.15, 0.2) is 57.3 Å². The molecular weight excluding hydrogens is 490 g/mol. The van der Waals surface area contributed by atoms with Gasteiger partial charge in [-0.2, -0.15) is 0 Å². The Morgan fingerprint density at radius 1 is 1.11 bits per heavy atom. The summed E-state index contributed by atoms with van der Waals surface area (Å²) in [6, 6.07) is 6.04. The van der Waals surface area contributed by atoms with Crippen molar-refractivity contribution in [3.8, 4) is 0 Å². The van der Waals surface area contributed by atoms with E-state index in [2.05, 4.69) is 35.0 Å².